The summed E-state index contributed by atoms with van der Waals surface area (Å²) in [7, 11) is 2.04. The molecule has 0 atom stereocenters. The highest BCUT2D eigenvalue weighted by Gasteiger charge is 2.27. The second-order valence-corrected chi connectivity index (χ2v) is 14.0. The molecule has 0 aliphatic heterocycles. The first-order valence-corrected chi connectivity index (χ1v) is 17.3. The van der Waals surface area contributed by atoms with Crippen molar-refractivity contribution in [2.75, 3.05) is 13.6 Å². The molecule has 0 bridgehead atoms. The van der Waals surface area contributed by atoms with Crippen LogP contribution in [-0.2, 0) is 13.1 Å². The van der Waals surface area contributed by atoms with Crippen molar-refractivity contribution in [2.45, 2.75) is 64.7 Å². The molecular weight excluding hydrogens is 652 g/mol. The lowest BCUT2D eigenvalue weighted by molar-refractivity contribution is 0.279. The molecule has 1 fully saturated rings. The van der Waals surface area contributed by atoms with Crippen LogP contribution in [0.25, 0.3) is 33.5 Å². The van der Waals surface area contributed by atoms with Crippen molar-refractivity contribution in [3.05, 3.63) is 123 Å². The highest BCUT2D eigenvalue weighted by molar-refractivity contribution is 5.77. The molecule has 0 unspecified atom stereocenters. The monoisotopic (exact) mass is 693 g/mol. The Labute approximate surface area is 293 Å². The third-order valence-electron chi connectivity index (χ3n) is 9.61. The number of aromatic hydroxyl groups is 1. The Hall–Kier alpha value is -5.20. The number of phenols is 1. The van der Waals surface area contributed by atoms with Crippen LogP contribution in [0.3, 0.4) is 0 Å². The Morgan fingerprint density at radius 3 is 2.57 bits per heavy atom. The van der Waals surface area contributed by atoms with Crippen molar-refractivity contribution < 1.29 is 13.9 Å². The molecule has 7 rings (SSSR count). The van der Waals surface area contributed by atoms with E-state index in [1.807, 2.05) is 31.3 Å². The molecule has 6 aromatic rings. The lowest BCUT2D eigenvalue weighted by atomic mass is 9.91. The van der Waals surface area contributed by atoms with Crippen molar-refractivity contribution in [3.8, 4) is 22.6 Å². The lowest BCUT2D eigenvalue weighted by Crippen LogP contribution is -2.44. The van der Waals surface area contributed by atoms with E-state index >= 15 is 0 Å². The minimum Gasteiger partial charge on any atom is -0.508 e. The van der Waals surface area contributed by atoms with Crippen LogP contribution in [0, 0.1) is 17.6 Å². The highest BCUT2D eigenvalue weighted by atomic mass is 19.1. The van der Waals surface area contributed by atoms with Crippen LogP contribution in [0.4, 0.5) is 8.78 Å². The number of imidazole rings is 1. The van der Waals surface area contributed by atoms with Crippen LogP contribution in [-0.4, -0.2) is 53.1 Å². The summed E-state index contributed by atoms with van der Waals surface area (Å²) in [6.07, 6.45) is 6.76. The van der Waals surface area contributed by atoms with E-state index in [4.69, 9.17) is 0 Å². The minimum atomic E-state index is -0.660. The molecule has 0 saturated heterocycles. The maximum atomic E-state index is 14.6. The molecule has 1 aliphatic rings. The topological polar surface area (TPSA) is 110 Å². The van der Waals surface area contributed by atoms with Crippen LogP contribution < -0.4 is 16.6 Å². The van der Waals surface area contributed by atoms with E-state index < -0.39 is 17.1 Å². The smallest absolute Gasteiger partial charge is 0.337 e. The first-order chi connectivity index (χ1) is 24.5. The second kappa shape index (κ2) is 14.2. The molecule has 12 heteroatoms. The molecule has 2 N–H and O–H groups in total. The van der Waals surface area contributed by atoms with Crippen molar-refractivity contribution in [1.29, 1.82) is 0 Å². The van der Waals surface area contributed by atoms with Gasteiger partial charge in [-0.25, -0.2) is 28.1 Å². The number of hydrogen-bond donors (Lipinski definition) is 2. The minimum absolute atomic E-state index is 0.0316. The standard InChI is InChI=1S/C39H41F2N7O3/c1-24(2)20-45(3)21-26-16-33(49)12-13-34(26)25-5-4-6-32(15-25)47-37-35(17-28(41)18-43-37)38(50)48(39(47)51)31-10-8-29(9-11-31)42-19-30-23-46-22-27(40)7-14-36(46)44-30/h4-7,12-18,22-24,29,31,42,49H,8-11,19-21H2,1-3H3. The van der Waals surface area contributed by atoms with Gasteiger partial charge in [0.2, 0.25) is 0 Å². The Kier molecular flexibility index (Phi) is 9.54. The molecule has 1 saturated carbocycles. The Morgan fingerprint density at radius 1 is 0.980 bits per heavy atom. The van der Waals surface area contributed by atoms with Gasteiger partial charge in [0.05, 0.1) is 23.0 Å². The molecule has 1 aliphatic carbocycles. The number of halogens is 2. The van der Waals surface area contributed by atoms with Gasteiger partial charge in [-0.05, 0) is 97.8 Å². The molecule has 4 aromatic heterocycles. The number of aromatic nitrogens is 5. The maximum Gasteiger partial charge on any atom is 0.337 e. The number of phenolic OH excluding ortho intramolecular Hbond substituents is 1. The van der Waals surface area contributed by atoms with Gasteiger partial charge >= 0.3 is 5.69 Å². The van der Waals surface area contributed by atoms with E-state index in [1.165, 1.54) is 21.4 Å². The predicted octanol–water partition coefficient (Wildman–Crippen LogP) is 6.21. The second-order valence-electron chi connectivity index (χ2n) is 14.0. The summed E-state index contributed by atoms with van der Waals surface area (Å²) in [4.78, 5) is 39.3. The predicted molar refractivity (Wildman–Crippen MR) is 193 cm³/mol. The van der Waals surface area contributed by atoms with E-state index in [9.17, 15) is 23.5 Å². The number of nitrogens with one attached hydrogen (secondary N) is 1. The molecule has 0 spiro atoms. The zero-order valence-corrected chi connectivity index (χ0v) is 28.9. The van der Waals surface area contributed by atoms with Crippen molar-refractivity contribution >= 4 is 16.7 Å². The molecule has 0 radical (unpaired) electrons. The Morgan fingerprint density at radius 2 is 1.78 bits per heavy atom. The highest BCUT2D eigenvalue weighted by Crippen LogP contribution is 2.31. The summed E-state index contributed by atoms with van der Waals surface area (Å²) in [5.74, 6) is -0.360. The number of fused-ring (bicyclic) bond motifs is 2. The van der Waals surface area contributed by atoms with E-state index in [1.54, 1.807) is 34.9 Å². The zero-order valence-electron chi connectivity index (χ0n) is 28.9. The van der Waals surface area contributed by atoms with Crippen LogP contribution >= 0.6 is 0 Å². The largest absolute Gasteiger partial charge is 0.508 e. The third-order valence-corrected chi connectivity index (χ3v) is 9.61. The third kappa shape index (κ3) is 7.19. The first-order valence-electron chi connectivity index (χ1n) is 17.3. The van der Waals surface area contributed by atoms with Crippen molar-refractivity contribution in [2.24, 2.45) is 5.92 Å². The number of nitrogens with zero attached hydrogens (tertiary/aromatic N) is 6. The fraction of sp³-hybridized carbons (Fsp3) is 0.333. The summed E-state index contributed by atoms with van der Waals surface area (Å²) >= 11 is 0. The number of benzene rings is 2. The van der Waals surface area contributed by atoms with Crippen LogP contribution in [0.2, 0.25) is 0 Å². The molecule has 264 valence electrons. The summed E-state index contributed by atoms with van der Waals surface area (Å²) in [5.41, 5.74) is 3.60. The lowest BCUT2D eigenvalue weighted by Gasteiger charge is -2.30. The zero-order chi connectivity index (χ0) is 35.8. The van der Waals surface area contributed by atoms with Crippen LogP contribution in [0.1, 0.15) is 56.8 Å². The average Bonchev–Trinajstić information content (AvgIpc) is 3.50. The number of rotatable bonds is 10. The average molecular weight is 694 g/mol. The van der Waals surface area contributed by atoms with Gasteiger partial charge in [0.25, 0.3) is 5.56 Å². The normalized spacial score (nSPS) is 16.5. The molecule has 2 aromatic carbocycles. The molecule has 0 amide bonds. The Bertz CT molecular complexity index is 2340. The molecule has 10 nitrogen and oxygen atoms in total. The molecular formula is C39H41F2N7O3. The first kappa shape index (κ1) is 34.3. The molecule has 51 heavy (non-hydrogen) atoms. The van der Waals surface area contributed by atoms with Gasteiger partial charge in [0, 0.05) is 44.1 Å². The van der Waals surface area contributed by atoms with E-state index in [0.29, 0.717) is 56.0 Å². The van der Waals surface area contributed by atoms with E-state index in [0.717, 1.165) is 41.2 Å². The van der Waals surface area contributed by atoms with Gasteiger partial charge in [-0.2, -0.15) is 0 Å². The van der Waals surface area contributed by atoms with Crippen LogP contribution in [0.5, 0.6) is 5.75 Å². The fourth-order valence-electron chi connectivity index (χ4n) is 7.41. The SMILES string of the molecule is CC(C)CN(C)Cc1cc(O)ccc1-c1cccc(-n2c(=O)n(C3CCC(NCc4cn5cc(F)ccc5n4)CC3)c(=O)c3cc(F)cnc32)c1. The van der Waals surface area contributed by atoms with E-state index in [2.05, 4.69) is 34.0 Å². The van der Waals surface area contributed by atoms with Gasteiger partial charge in [-0.1, -0.05) is 32.0 Å². The Balaban J connectivity index is 1.19. The van der Waals surface area contributed by atoms with Gasteiger partial charge in [0.15, 0.2) is 5.65 Å². The van der Waals surface area contributed by atoms with Gasteiger partial charge in [-0.3, -0.25) is 9.36 Å². The van der Waals surface area contributed by atoms with Gasteiger partial charge < -0.3 is 19.7 Å². The van der Waals surface area contributed by atoms with Gasteiger partial charge in [0.1, 0.15) is 23.0 Å². The molecule has 4 heterocycles. The van der Waals surface area contributed by atoms with Crippen LogP contribution in [0.15, 0.2) is 88.8 Å². The summed E-state index contributed by atoms with van der Waals surface area (Å²) < 4.78 is 32.5. The fourth-order valence-corrected chi connectivity index (χ4v) is 7.41. The number of pyridine rings is 2. The van der Waals surface area contributed by atoms with E-state index in [-0.39, 0.29) is 34.7 Å². The summed E-state index contributed by atoms with van der Waals surface area (Å²) in [5, 5.41) is 13.9. The quantitative estimate of drug-likeness (QED) is 0.176. The van der Waals surface area contributed by atoms with Gasteiger partial charge in [-0.15, -0.1) is 0 Å². The van der Waals surface area contributed by atoms with Crippen molar-refractivity contribution in [3.63, 3.8) is 0 Å². The summed E-state index contributed by atoms with van der Waals surface area (Å²) in [6, 6.07) is 16.6. The van der Waals surface area contributed by atoms with Crippen molar-refractivity contribution in [1.82, 2.24) is 33.7 Å². The maximum absolute atomic E-state index is 14.6. The summed E-state index contributed by atoms with van der Waals surface area (Å²) in [6.45, 7) is 6.30. The number of hydrogen-bond acceptors (Lipinski definition) is 7.